The maximum atomic E-state index is 13.4. The Morgan fingerprint density at radius 3 is 2.44 bits per heavy atom. The number of imide groups is 1. The van der Waals surface area contributed by atoms with Gasteiger partial charge in [-0.1, -0.05) is 39.3 Å². The minimum Gasteiger partial charge on any atom is -0.492 e. The molecule has 57 heavy (non-hydrogen) atoms. The smallest absolute Gasteiger partial charge is 0.351 e. The van der Waals surface area contributed by atoms with E-state index >= 15 is 0 Å². The van der Waals surface area contributed by atoms with E-state index in [0.717, 1.165) is 62.5 Å². The first kappa shape index (κ1) is 39.8. The van der Waals surface area contributed by atoms with Gasteiger partial charge in [0.15, 0.2) is 5.65 Å². The van der Waals surface area contributed by atoms with Crippen molar-refractivity contribution < 1.29 is 23.9 Å². The number of nitriles is 1. The zero-order valence-electron chi connectivity index (χ0n) is 32.7. The summed E-state index contributed by atoms with van der Waals surface area (Å²) in [6.45, 7) is 13.4. The minimum absolute atomic E-state index is 0.148. The molecule has 0 bridgehead atoms. The summed E-state index contributed by atoms with van der Waals surface area (Å²) in [5.74, 6) is 0.949. The molecule has 2 N–H and O–H groups in total. The number of unbranched alkanes of at least 4 members (excludes halogenated alkanes) is 2. The number of hydrogen-bond acceptors (Lipinski definition) is 11. The Morgan fingerprint density at radius 2 is 1.75 bits per heavy atom. The van der Waals surface area contributed by atoms with Crippen LogP contribution < -0.4 is 30.7 Å². The molecule has 1 unspecified atom stereocenters. The van der Waals surface area contributed by atoms with Crippen LogP contribution in [0.4, 0.5) is 5.82 Å². The first-order chi connectivity index (χ1) is 27.3. The fourth-order valence-electron chi connectivity index (χ4n) is 8.70. The first-order valence-corrected chi connectivity index (χ1v) is 19.8. The highest BCUT2D eigenvalue weighted by Crippen LogP contribution is 2.55. The number of nitrogens with one attached hydrogen (secondary N) is 2. The number of carbonyl (C=O) groups excluding carboxylic acids is 3. The van der Waals surface area contributed by atoms with Crippen molar-refractivity contribution in [2.75, 3.05) is 44.2 Å². The van der Waals surface area contributed by atoms with E-state index in [1.165, 1.54) is 4.40 Å². The van der Waals surface area contributed by atoms with E-state index < -0.39 is 17.6 Å². The summed E-state index contributed by atoms with van der Waals surface area (Å²) in [6.07, 6.45) is 6.34. The van der Waals surface area contributed by atoms with Gasteiger partial charge in [0, 0.05) is 61.7 Å². The molecular weight excluding hydrogens is 750 g/mol. The van der Waals surface area contributed by atoms with Gasteiger partial charge in [0.2, 0.25) is 5.91 Å². The summed E-state index contributed by atoms with van der Waals surface area (Å²) < 4.78 is 14.8. The van der Waals surface area contributed by atoms with E-state index in [0.29, 0.717) is 39.9 Å². The van der Waals surface area contributed by atoms with Crippen molar-refractivity contribution in [3.8, 4) is 17.6 Å². The number of aromatic nitrogens is 4. The van der Waals surface area contributed by atoms with Gasteiger partial charge in [0.25, 0.3) is 11.8 Å². The maximum Gasteiger partial charge on any atom is 0.351 e. The Balaban J connectivity index is 0.813. The number of benzene rings is 1. The predicted molar refractivity (Wildman–Crippen MR) is 213 cm³/mol. The molecule has 15 nitrogen and oxygen atoms in total. The Labute approximate surface area is 335 Å². The number of nitrogens with zero attached hydrogens (tertiary/aromatic N) is 7. The van der Waals surface area contributed by atoms with Crippen LogP contribution in [0.25, 0.3) is 5.65 Å². The molecule has 7 rings (SSSR count). The Bertz CT molecular complexity index is 2240. The maximum absolute atomic E-state index is 13.4. The van der Waals surface area contributed by atoms with Crippen LogP contribution in [0.15, 0.2) is 59.7 Å². The molecule has 3 fully saturated rings. The van der Waals surface area contributed by atoms with Crippen molar-refractivity contribution in [2.24, 2.45) is 10.8 Å². The lowest BCUT2D eigenvalue weighted by atomic mass is 9.49. The van der Waals surface area contributed by atoms with Gasteiger partial charge in [-0.15, -0.1) is 5.10 Å². The van der Waals surface area contributed by atoms with Crippen LogP contribution in [-0.4, -0.2) is 93.3 Å². The highest BCUT2D eigenvalue weighted by atomic mass is 35.5. The van der Waals surface area contributed by atoms with Gasteiger partial charge in [-0.2, -0.15) is 9.94 Å². The van der Waals surface area contributed by atoms with Gasteiger partial charge >= 0.3 is 5.69 Å². The lowest BCUT2D eigenvalue weighted by Gasteiger charge is -2.63. The Hall–Kier alpha value is -5.46. The van der Waals surface area contributed by atoms with E-state index in [9.17, 15) is 24.4 Å². The van der Waals surface area contributed by atoms with E-state index in [4.69, 9.17) is 21.1 Å². The van der Waals surface area contributed by atoms with Crippen molar-refractivity contribution in [3.63, 3.8) is 0 Å². The SMILES string of the molecule is CC1(C)[C@H](NC(=O)c2ccc(N3CCN(CCCCCOc4ccc5nn(C6CCC(=O)NC6=O)c(=O)n5c4)CC3)nc2)C(C)(C)[C@H]1Oc1ccc(C#N)c(Cl)c1. The average molecular weight is 798 g/mol. The molecule has 1 saturated carbocycles. The van der Waals surface area contributed by atoms with E-state index in [1.807, 2.05) is 12.1 Å². The number of anilines is 1. The van der Waals surface area contributed by atoms with Gasteiger partial charge in [-0.25, -0.2) is 14.2 Å². The van der Waals surface area contributed by atoms with Crippen LogP contribution in [0.3, 0.4) is 0 Å². The van der Waals surface area contributed by atoms with E-state index in [2.05, 4.69) is 64.3 Å². The summed E-state index contributed by atoms with van der Waals surface area (Å²) in [4.78, 5) is 59.5. The van der Waals surface area contributed by atoms with Crippen molar-refractivity contribution in [1.82, 2.24) is 34.7 Å². The molecule has 16 heteroatoms. The number of piperidine rings is 1. The number of rotatable bonds is 13. The van der Waals surface area contributed by atoms with Gasteiger partial charge in [0.05, 0.1) is 29.0 Å². The van der Waals surface area contributed by atoms with Crippen LogP contribution in [0.1, 0.15) is 81.8 Å². The van der Waals surface area contributed by atoms with Crippen molar-refractivity contribution in [3.05, 3.63) is 81.5 Å². The first-order valence-electron chi connectivity index (χ1n) is 19.4. The fourth-order valence-corrected chi connectivity index (χ4v) is 8.91. The molecule has 5 heterocycles. The number of carbonyl (C=O) groups is 3. The third-order valence-corrected chi connectivity index (χ3v) is 11.9. The molecule has 3 aliphatic rings. The average Bonchev–Trinajstić information content (AvgIpc) is 3.52. The Kier molecular flexibility index (Phi) is 11.3. The van der Waals surface area contributed by atoms with Gasteiger partial charge < -0.3 is 19.7 Å². The lowest BCUT2D eigenvalue weighted by molar-refractivity contribution is -0.164. The molecule has 1 aromatic carbocycles. The van der Waals surface area contributed by atoms with Gasteiger partial charge in [0.1, 0.15) is 35.5 Å². The Morgan fingerprint density at radius 1 is 1.00 bits per heavy atom. The van der Waals surface area contributed by atoms with Crippen molar-refractivity contribution in [2.45, 2.75) is 78.0 Å². The normalized spacial score (nSPS) is 21.7. The summed E-state index contributed by atoms with van der Waals surface area (Å²) in [6, 6.07) is 13.4. The summed E-state index contributed by atoms with van der Waals surface area (Å²) in [7, 11) is 0. The van der Waals surface area contributed by atoms with E-state index in [-0.39, 0.29) is 47.6 Å². The summed E-state index contributed by atoms with van der Waals surface area (Å²) in [5, 5.41) is 19.3. The molecule has 1 atom stereocenters. The minimum atomic E-state index is -0.814. The predicted octanol–water partition coefficient (Wildman–Crippen LogP) is 4.38. The van der Waals surface area contributed by atoms with Crippen LogP contribution in [0, 0.1) is 22.2 Å². The van der Waals surface area contributed by atoms with Crippen molar-refractivity contribution in [1.29, 1.82) is 5.26 Å². The van der Waals surface area contributed by atoms with Gasteiger partial charge in [-0.3, -0.25) is 24.6 Å². The quantitative estimate of drug-likeness (QED) is 0.145. The largest absolute Gasteiger partial charge is 0.492 e. The summed E-state index contributed by atoms with van der Waals surface area (Å²) >= 11 is 6.24. The molecule has 3 aromatic heterocycles. The zero-order valence-corrected chi connectivity index (χ0v) is 33.4. The zero-order chi connectivity index (χ0) is 40.5. The number of piperazine rings is 1. The number of fused-ring (bicyclic) bond motifs is 1. The fraction of sp³-hybridized carbons (Fsp3) is 0.488. The monoisotopic (exact) mass is 797 g/mol. The second kappa shape index (κ2) is 16.2. The number of halogens is 1. The standard InChI is InChI=1S/C41H48ClN9O6/c1-40(2)37(41(3,4)38(40)57-28-10-8-26(23-43)30(42)22-28)46-35(53)27-9-13-32(44-24-27)49-19-17-48(18-20-49)16-6-5-7-21-56-29-11-14-33-47-51(39(55)50(33)25-29)31-12-15-34(52)45-36(31)54/h8-11,13-14,22,24-25,31,37-38H,5-7,12,15-21H2,1-4H3,(H,46,53)(H,45,52,54)/t31?,37-,38-. The summed E-state index contributed by atoms with van der Waals surface area (Å²) in [5.41, 5.74) is 0.121. The number of amides is 3. The molecule has 3 amide bonds. The van der Waals surface area contributed by atoms with Crippen molar-refractivity contribution >= 4 is 40.8 Å². The van der Waals surface area contributed by atoms with Crippen LogP contribution in [0.2, 0.25) is 5.02 Å². The number of hydrogen-bond donors (Lipinski definition) is 2. The van der Waals surface area contributed by atoms with Crippen LogP contribution in [-0.2, 0) is 9.59 Å². The highest BCUT2D eigenvalue weighted by molar-refractivity contribution is 6.31. The molecule has 0 radical (unpaired) electrons. The number of ether oxygens (including phenoxy) is 2. The molecule has 4 aromatic rings. The number of pyridine rings is 2. The molecule has 1 aliphatic carbocycles. The van der Waals surface area contributed by atoms with Gasteiger partial charge in [-0.05, 0) is 68.6 Å². The van der Waals surface area contributed by atoms with Crippen LogP contribution >= 0.6 is 11.6 Å². The highest BCUT2D eigenvalue weighted by Gasteiger charge is 2.64. The second-order valence-electron chi connectivity index (χ2n) is 16.2. The molecule has 2 saturated heterocycles. The lowest BCUT2D eigenvalue weighted by Crippen LogP contribution is -2.74. The third kappa shape index (κ3) is 8.20. The molecule has 0 spiro atoms. The molecule has 2 aliphatic heterocycles. The topological polar surface area (TPSA) is 176 Å². The molecule has 300 valence electrons. The molecular formula is C41H48ClN9O6. The second-order valence-corrected chi connectivity index (χ2v) is 16.6. The van der Waals surface area contributed by atoms with E-state index in [1.54, 1.807) is 42.7 Å². The van der Waals surface area contributed by atoms with Crippen LogP contribution in [0.5, 0.6) is 11.5 Å². The third-order valence-electron chi connectivity index (χ3n) is 11.5.